The summed E-state index contributed by atoms with van der Waals surface area (Å²) in [5.74, 6) is -0.556. The fourth-order valence-corrected chi connectivity index (χ4v) is 3.68. The second-order valence-electron chi connectivity index (χ2n) is 6.89. The second-order valence-corrected chi connectivity index (χ2v) is 8.44. The highest BCUT2D eigenvalue weighted by molar-refractivity contribution is 7.87. The predicted molar refractivity (Wildman–Crippen MR) is 106 cm³/mol. The number of aryl methyl sites for hydroxylation is 1. The Morgan fingerprint density at radius 2 is 1.66 bits per heavy atom. The Labute approximate surface area is 169 Å². The van der Waals surface area contributed by atoms with Crippen molar-refractivity contribution in [1.29, 1.82) is 0 Å². The average molecular weight is 416 g/mol. The first kappa shape index (κ1) is 20.9. The third kappa shape index (κ3) is 4.60. The van der Waals surface area contributed by atoms with Crippen molar-refractivity contribution >= 4 is 10.1 Å². The molecule has 2 aromatic carbocycles. The van der Waals surface area contributed by atoms with Crippen LogP contribution in [0, 0.1) is 12.7 Å². The first-order valence-electron chi connectivity index (χ1n) is 9.00. The molecule has 0 aliphatic rings. The molecule has 0 saturated heterocycles. The molecule has 6 nitrogen and oxygen atoms in total. The standard InChI is InChI=1S/C21H21FN2O4S/c1-13(2)19-18(12-25)20(15-6-8-16(22)9-7-15)24-21(23-19)28-29(26,27)17-10-4-14(3)5-11-17/h4-11,13,25H,12H2,1-3H3. The maximum Gasteiger partial charge on any atom is 0.341 e. The molecule has 0 atom stereocenters. The Kier molecular flexibility index (Phi) is 5.95. The summed E-state index contributed by atoms with van der Waals surface area (Å²) in [7, 11) is -4.15. The molecule has 3 rings (SSSR count). The van der Waals surface area contributed by atoms with E-state index < -0.39 is 15.9 Å². The molecule has 8 heteroatoms. The third-order valence-electron chi connectivity index (χ3n) is 4.34. The summed E-state index contributed by atoms with van der Waals surface area (Å²) < 4.78 is 43.8. The largest absolute Gasteiger partial charge is 0.392 e. The minimum Gasteiger partial charge on any atom is -0.392 e. The van der Waals surface area contributed by atoms with E-state index in [4.69, 9.17) is 4.18 Å². The van der Waals surface area contributed by atoms with Crippen LogP contribution in [0.5, 0.6) is 6.01 Å². The van der Waals surface area contributed by atoms with Gasteiger partial charge >= 0.3 is 16.1 Å². The van der Waals surface area contributed by atoms with Crippen molar-refractivity contribution in [3.05, 3.63) is 71.2 Å². The second kappa shape index (κ2) is 8.26. The van der Waals surface area contributed by atoms with Gasteiger partial charge in [-0.15, -0.1) is 0 Å². The SMILES string of the molecule is Cc1ccc(S(=O)(=O)Oc2nc(-c3ccc(F)cc3)c(CO)c(C(C)C)n2)cc1. The Balaban J connectivity index is 2.11. The third-order valence-corrected chi connectivity index (χ3v) is 5.55. The molecule has 0 unspecified atom stereocenters. The van der Waals surface area contributed by atoms with Gasteiger partial charge in [-0.05, 0) is 49.2 Å². The van der Waals surface area contributed by atoms with E-state index in [2.05, 4.69) is 9.97 Å². The summed E-state index contributed by atoms with van der Waals surface area (Å²) in [5, 5.41) is 9.88. The molecule has 29 heavy (non-hydrogen) atoms. The molecular weight excluding hydrogens is 395 g/mol. The van der Waals surface area contributed by atoms with Crippen molar-refractivity contribution in [2.75, 3.05) is 0 Å². The number of benzene rings is 2. The van der Waals surface area contributed by atoms with Crippen LogP contribution in [0.15, 0.2) is 53.4 Å². The maximum atomic E-state index is 13.3. The van der Waals surface area contributed by atoms with Gasteiger partial charge < -0.3 is 9.29 Å². The lowest BCUT2D eigenvalue weighted by atomic mass is 9.99. The van der Waals surface area contributed by atoms with E-state index in [1.165, 1.54) is 36.4 Å². The summed E-state index contributed by atoms with van der Waals surface area (Å²) >= 11 is 0. The molecule has 152 valence electrons. The van der Waals surface area contributed by atoms with Crippen LogP contribution in [0.2, 0.25) is 0 Å². The number of hydrogen-bond donors (Lipinski definition) is 1. The average Bonchev–Trinajstić information content (AvgIpc) is 2.68. The van der Waals surface area contributed by atoms with Crippen LogP contribution >= 0.6 is 0 Å². The highest BCUT2D eigenvalue weighted by Gasteiger charge is 2.23. The zero-order valence-electron chi connectivity index (χ0n) is 16.3. The smallest absolute Gasteiger partial charge is 0.341 e. The highest BCUT2D eigenvalue weighted by atomic mass is 32.2. The Bertz CT molecular complexity index is 1110. The lowest BCUT2D eigenvalue weighted by Gasteiger charge is -2.16. The van der Waals surface area contributed by atoms with Gasteiger partial charge in [0.25, 0.3) is 0 Å². The van der Waals surface area contributed by atoms with Gasteiger partial charge in [0.15, 0.2) is 0 Å². The Morgan fingerprint density at radius 3 is 2.21 bits per heavy atom. The van der Waals surface area contributed by atoms with Gasteiger partial charge in [0, 0.05) is 11.1 Å². The normalized spacial score (nSPS) is 11.7. The number of aromatic nitrogens is 2. The van der Waals surface area contributed by atoms with Crippen LogP contribution in [0.4, 0.5) is 4.39 Å². The summed E-state index contributed by atoms with van der Waals surface area (Å²) in [6, 6.07) is 11.4. The van der Waals surface area contributed by atoms with Crippen molar-refractivity contribution in [1.82, 2.24) is 9.97 Å². The Hall–Kier alpha value is -2.84. The summed E-state index contributed by atoms with van der Waals surface area (Å²) in [5.41, 5.74) is 2.61. The molecule has 0 aliphatic heterocycles. The van der Waals surface area contributed by atoms with Crippen molar-refractivity contribution in [3.63, 3.8) is 0 Å². The zero-order chi connectivity index (χ0) is 21.2. The molecule has 0 spiro atoms. The number of aliphatic hydroxyl groups is 1. The van der Waals surface area contributed by atoms with E-state index in [0.717, 1.165) is 5.56 Å². The van der Waals surface area contributed by atoms with Crippen molar-refractivity contribution in [2.45, 2.75) is 38.2 Å². The monoisotopic (exact) mass is 416 g/mol. The molecule has 0 saturated carbocycles. The zero-order valence-corrected chi connectivity index (χ0v) is 17.1. The van der Waals surface area contributed by atoms with Gasteiger partial charge in [0.05, 0.1) is 18.0 Å². The van der Waals surface area contributed by atoms with E-state index in [9.17, 15) is 17.9 Å². The minimum atomic E-state index is -4.15. The summed E-state index contributed by atoms with van der Waals surface area (Å²) in [6.45, 7) is 5.20. The van der Waals surface area contributed by atoms with Crippen molar-refractivity contribution < 1.29 is 22.1 Å². The van der Waals surface area contributed by atoms with E-state index in [1.54, 1.807) is 12.1 Å². The predicted octanol–water partition coefficient (Wildman–Crippen LogP) is 3.97. The summed E-state index contributed by atoms with van der Waals surface area (Å²) in [6.07, 6.45) is 0. The fraction of sp³-hybridized carbons (Fsp3) is 0.238. The topological polar surface area (TPSA) is 89.4 Å². The van der Waals surface area contributed by atoms with Crippen LogP contribution in [0.25, 0.3) is 11.3 Å². The summed E-state index contributed by atoms with van der Waals surface area (Å²) in [4.78, 5) is 8.43. The number of hydrogen-bond acceptors (Lipinski definition) is 6. The van der Waals surface area contributed by atoms with Gasteiger partial charge in [0.1, 0.15) is 10.7 Å². The molecule has 1 aromatic heterocycles. The first-order chi connectivity index (χ1) is 13.7. The quantitative estimate of drug-likeness (QED) is 0.612. The molecule has 0 fully saturated rings. The first-order valence-corrected chi connectivity index (χ1v) is 10.4. The molecule has 0 aliphatic carbocycles. The van der Waals surface area contributed by atoms with Gasteiger partial charge in [0.2, 0.25) is 0 Å². The van der Waals surface area contributed by atoms with E-state index >= 15 is 0 Å². The molecule has 0 amide bonds. The molecule has 0 radical (unpaired) electrons. The van der Waals surface area contributed by atoms with Gasteiger partial charge in [-0.1, -0.05) is 31.5 Å². The van der Waals surface area contributed by atoms with Gasteiger partial charge in [-0.2, -0.15) is 18.4 Å². The number of nitrogens with zero attached hydrogens (tertiary/aromatic N) is 2. The van der Waals surface area contributed by atoms with Crippen LogP contribution in [0.3, 0.4) is 0 Å². The van der Waals surface area contributed by atoms with Crippen molar-refractivity contribution in [2.24, 2.45) is 0 Å². The van der Waals surface area contributed by atoms with E-state index in [-0.39, 0.29) is 23.4 Å². The van der Waals surface area contributed by atoms with E-state index in [1.807, 2.05) is 20.8 Å². The maximum absolute atomic E-state index is 13.3. The lowest BCUT2D eigenvalue weighted by molar-refractivity contribution is 0.279. The molecule has 1 N–H and O–H groups in total. The fourth-order valence-electron chi connectivity index (χ4n) is 2.85. The van der Waals surface area contributed by atoms with Crippen LogP contribution in [-0.4, -0.2) is 23.5 Å². The van der Waals surface area contributed by atoms with Crippen LogP contribution in [0.1, 0.15) is 36.6 Å². The number of halogens is 1. The molecular formula is C21H21FN2O4S. The molecule has 3 aromatic rings. The highest BCUT2D eigenvalue weighted by Crippen LogP contribution is 2.30. The van der Waals surface area contributed by atoms with Gasteiger partial charge in [-0.3, -0.25) is 0 Å². The number of aliphatic hydroxyl groups excluding tert-OH is 1. The van der Waals surface area contributed by atoms with Gasteiger partial charge in [-0.25, -0.2) is 4.39 Å². The van der Waals surface area contributed by atoms with E-state index in [0.29, 0.717) is 22.5 Å². The van der Waals surface area contributed by atoms with Crippen LogP contribution < -0.4 is 4.18 Å². The lowest BCUT2D eigenvalue weighted by Crippen LogP contribution is -2.14. The van der Waals surface area contributed by atoms with Crippen molar-refractivity contribution in [3.8, 4) is 17.3 Å². The Morgan fingerprint density at radius 1 is 1.03 bits per heavy atom. The molecule has 0 bridgehead atoms. The van der Waals surface area contributed by atoms with Crippen LogP contribution in [-0.2, 0) is 16.7 Å². The number of rotatable bonds is 6. The minimum absolute atomic E-state index is 0.0210. The molecule has 1 heterocycles.